The van der Waals surface area contributed by atoms with Gasteiger partial charge in [-0.1, -0.05) is 0 Å². The number of carbonyl (C=O) groups is 1. The maximum atomic E-state index is 11.7. The molecule has 0 spiro atoms. The normalized spacial score (nSPS) is 18.5. The second-order valence-corrected chi connectivity index (χ2v) is 5.88. The summed E-state index contributed by atoms with van der Waals surface area (Å²) in [5, 5.41) is 8.36. The zero-order valence-corrected chi connectivity index (χ0v) is 10.3. The lowest BCUT2D eigenvalue weighted by molar-refractivity contribution is -0.141. The van der Waals surface area contributed by atoms with E-state index in [0.717, 1.165) is 12.8 Å². The van der Waals surface area contributed by atoms with Crippen LogP contribution in [-0.4, -0.2) is 28.8 Å². The molecular weight excluding hydrogens is 226 g/mol. The molecule has 0 aliphatic heterocycles. The number of unbranched alkanes of at least 4 members (excludes halogenated alkanes) is 1. The Balaban J connectivity index is 2.28. The van der Waals surface area contributed by atoms with Gasteiger partial charge in [0, 0.05) is 28.7 Å². The maximum absolute atomic E-state index is 11.7. The summed E-state index contributed by atoms with van der Waals surface area (Å²) in [5.41, 5.74) is -0.0649. The van der Waals surface area contributed by atoms with Gasteiger partial charge in [0.15, 0.2) is 0 Å². The van der Waals surface area contributed by atoms with Gasteiger partial charge in [-0.25, -0.2) is 0 Å². The zero-order valence-electron chi connectivity index (χ0n) is 9.53. The third-order valence-electron chi connectivity index (χ3n) is 2.83. The number of esters is 1. The fraction of sp³-hybridized carbons (Fsp3) is 0.818. The van der Waals surface area contributed by atoms with Crippen molar-refractivity contribution in [3.8, 4) is 6.07 Å². The van der Waals surface area contributed by atoms with E-state index in [1.165, 1.54) is 7.11 Å². The molecule has 16 heavy (non-hydrogen) atoms. The third-order valence-corrected chi connectivity index (χ3v) is 4.51. The molecule has 1 atom stereocenters. The van der Waals surface area contributed by atoms with Crippen LogP contribution >= 0.6 is 0 Å². The van der Waals surface area contributed by atoms with E-state index in [2.05, 4.69) is 4.74 Å². The quantitative estimate of drug-likeness (QED) is 0.500. The highest BCUT2D eigenvalue weighted by molar-refractivity contribution is 7.85. The topological polar surface area (TPSA) is 67.2 Å². The predicted molar refractivity (Wildman–Crippen MR) is 61.0 cm³/mol. The third kappa shape index (κ3) is 4.31. The van der Waals surface area contributed by atoms with E-state index in [-0.39, 0.29) is 11.4 Å². The van der Waals surface area contributed by atoms with Crippen molar-refractivity contribution in [1.82, 2.24) is 0 Å². The van der Waals surface area contributed by atoms with Crippen LogP contribution in [0.1, 0.15) is 32.1 Å². The van der Waals surface area contributed by atoms with E-state index in [4.69, 9.17) is 5.26 Å². The van der Waals surface area contributed by atoms with Gasteiger partial charge in [-0.15, -0.1) is 0 Å². The van der Waals surface area contributed by atoms with E-state index >= 15 is 0 Å². The van der Waals surface area contributed by atoms with Crippen molar-refractivity contribution in [3.63, 3.8) is 0 Å². The minimum atomic E-state index is -0.906. The Morgan fingerprint density at radius 3 is 2.75 bits per heavy atom. The average Bonchev–Trinajstić information content (AvgIpc) is 2.98. The van der Waals surface area contributed by atoms with E-state index in [1.807, 2.05) is 6.07 Å². The van der Waals surface area contributed by atoms with Gasteiger partial charge in [-0.05, 0) is 24.7 Å². The van der Waals surface area contributed by atoms with Crippen molar-refractivity contribution in [2.24, 2.45) is 5.41 Å². The number of hydrogen-bond donors (Lipinski definition) is 0. The van der Waals surface area contributed by atoms with E-state index < -0.39 is 10.8 Å². The molecule has 0 radical (unpaired) electrons. The maximum Gasteiger partial charge on any atom is 0.306 e. The van der Waals surface area contributed by atoms with Gasteiger partial charge in [0.25, 0.3) is 0 Å². The van der Waals surface area contributed by atoms with Crippen molar-refractivity contribution in [2.45, 2.75) is 32.1 Å². The van der Waals surface area contributed by atoms with Crippen LogP contribution in [0.2, 0.25) is 0 Å². The summed E-state index contributed by atoms with van der Waals surface area (Å²) in [7, 11) is 0.472. The summed E-state index contributed by atoms with van der Waals surface area (Å²) in [6, 6.07) is 2.03. The highest BCUT2D eigenvalue weighted by Gasteiger charge is 2.45. The summed E-state index contributed by atoms with van der Waals surface area (Å²) >= 11 is 0. The Labute approximate surface area is 98.4 Å². The number of hydrogen-bond acceptors (Lipinski definition) is 4. The molecule has 1 fully saturated rings. The highest BCUT2D eigenvalue weighted by atomic mass is 32.2. The number of ether oxygens (including phenoxy) is 1. The number of methoxy groups -OCH3 is 1. The van der Waals surface area contributed by atoms with Gasteiger partial charge in [0.2, 0.25) is 0 Å². The molecule has 1 unspecified atom stereocenters. The molecule has 0 heterocycles. The van der Waals surface area contributed by atoms with Crippen LogP contribution in [0.3, 0.4) is 0 Å². The molecule has 5 heteroatoms. The first-order chi connectivity index (χ1) is 7.62. The lowest BCUT2D eigenvalue weighted by atomic mass is 10.1. The second kappa shape index (κ2) is 6.00. The molecule has 1 saturated carbocycles. The van der Waals surface area contributed by atoms with E-state index in [0.29, 0.717) is 30.8 Å². The fourth-order valence-electron chi connectivity index (χ4n) is 1.65. The molecule has 90 valence electrons. The standard InChI is InChI=1S/C11H17NO3S/c1-15-10(13)8-11(4-5-11)9-16(14)7-3-2-6-12/h2-5,7-9H2,1H3. The van der Waals surface area contributed by atoms with Crippen LogP contribution in [0.5, 0.6) is 0 Å². The molecule has 1 rings (SSSR count). The van der Waals surface area contributed by atoms with Crippen molar-refractivity contribution in [3.05, 3.63) is 0 Å². The van der Waals surface area contributed by atoms with Gasteiger partial charge in [0.05, 0.1) is 19.6 Å². The van der Waals surface area contributed by atoms with Gasteiger partial charge in [-0.3, -0.25) is 9.00 Å². The fourth-order valence-corrected chi connectivity index (χ4v) is 3.34. The molecule has 0 saturated heterocycles. The molecule has 0 bridgehead atoms. The van der Waals surface area contributed by atoms with Crippen molar-refractivity contribution >= 4 is 16.8 Å². The zero-order chi connectivity index (χ0) is 12.0. The first-order valence-electron chi connectivity index (χ1n) is 5.41. The van der Waals surface area contributed by atoms with E-state index in [9.17, 15) is 9.00 Å². The van der Waals surface area contributed by atoms with Crippen LogP contribution in [0.4, 0.5) is 0 Å². The summed E-state index contributed by atoms with van der Waals surface area (Å²) in [6.07, 6.45) is 3.44. The summed E-state index contributed by atoms with van der Waals surface area (Å²) < 4.78 is 16.3. The minimum Gasteiger partial charge on any atom is -0.469 e. The first kappa shape index (κ1) is 13.2. The first-order valence-corrected chi connectivity index (χ1v) is 6.89. The van der Waals surface area contributed by atoms with Crippen LogP contribution in [0.25, 0.3) is 0 Å². The van der Waals surface area contributed by atoms with Crippen LogP contribution in [-0.2, 0) is 20.3 Å². The van der Waals surface area contributed by atoms with Crippen molar-refractivity contribution in [1.29, 1.82) is 5.26 Å². The molecule has 0 aromatic rings. The molecular formula is C11H17NO3S. The number of rotatable bonds is 7. The molecule has 0 aromatic heterocycles. The van der Waals surface area contributed by atoms with Crippen LogP contribution < -0.4 is 0 Å². The summed E-state index contributed by atoms with van der Waals surface area (Å²) in [5.74, 6) is 0.927. The largest absolute Gasteiger partial charge is 0.469 e. The van der Waals surface area contributed by atoms with Gasteiger partial charge >= 0.3 is 5.97 Å². The number of nitriles is 1. The summed E-state index contributed by atoms with van der Waals surface area (Å²) in [4.78, 5) is 11.1. The van der Waals surface area contributed by atoms with Crippen molar-refractivity contribution in [2.75, 3.05) is 18.6 Å². The van der Waals surface area contributed by atoms with E-state index in [1.54, 1.807) is 0 Å². The lowest BCUT2D eigenvalue weighted by Crippen LogP contribution is -2.19. The van der Waals surface area contributed by atoms with Crippen LogP contribution in [0, 0.1) is 16.7 Å². The SMILES string of the molecule is COC(=O)CC1(CS(=O)CCCC#N)CC1. The lowest BCUT2D eigenvalue weighted by Gasteiger charge is -2.12. The number of nitrogens with zero attached hydrogens (tertiary/aromatic N) is 1. The number of carbonyl (C=O) groups excluding carboxylic acids is 1. The Bertz CT molecular complexity index is 318. The molecule has 1 aliphatic carbocycles. The Morgan fingerprint density at radius 2 is 2.25 bits per heavy atom. The second-order valence-electron chi connectivity index (χ2n) is 4.30. The van der Waals surface area contributed by atoms with Gasteiger partial charge in [0.1, 0.15) is 0 Å². The monoisotopic (exact) mass is 243 g/mol. The Kier molecular flexibility index (Phi) is 4.94. The molecule has 4 nitrogen and oxygen atoms in total. The Morgan fingerprint density at radius 1 is 1.56 bits per heavy atom. The predicted octanol–water partition coefficient (Wildman–Crippen LogP) is 1.38. The highest BCUT2D eigenvalue weighted by Crippen LogP contribution is 2.49. The van der Waals surface area contributed by atoms with Crippen LogP contribution in [0.15, 0.2) is 0 Å². The smallest absolute Gasteiger partial charge is 0.306 e. The van der Waals surface area contributed by atoms with Gasteiger partial charge < -0.3 is 4.74 Å². The minimum absolute atomic E-state index is 0.0649. The van der Waals surface area contributed by atoms with Gasteiger partial charge in [-0.2, -0.15) is 5.26 Å². The molecule has 0 aromatic carbocycles. The molecule has 0 N–H and O–H groups in total. The molecule has 1 aliphatic rings. The Hall–Kier alpha value is -0.890. The molecule has 0 amide bonds. The average molecular weight is 243 g/mol. The summed E-state index contributed by atoms with van der Waals surface area (Å²) in [6.45, 7) is 0. The van der Waals surface area contributed by atoms with Crippen molar-refractivity contribution < 1.29 is 13.7 Å².